The average Bonchev–Trinajstić information content (AvgIpc) is 3.13. The summed E-state index contributed by atoms with van der Waals surface area (Å²) in [4.78, 5) is 2.19. The number of hydrogen-bond donors (Lipinski definition) is 1. The molecular formula is C17H21FN6O2. The third kappa shape index (κ3) is 3.11. The van der Waals surface area contributed by atoms with Crippen LogP contribution >= 0.6 is 0 Å². The molecule has 1 aliphatic heterocycles. The molecule has 1 aliphatic rings. The molecule has 0 radical (unpaired) electrons. The molecule has 26 heavy (non-hydrogen) atoms. The van der Waals surface area contributed by atoms with E-state index in [0.717, 1.165) is 13.1 Å². The van der Waals surface area contributed by atoms with Crippen LogP contribution in [-0.4, -0.2) is 63.7 Å². The fourth-order valence-corrected chi connectivity index (χ4v) is 3.20. The molecule has 2 N–H and O–H groups in total. The highest BCUT2D eigenvalue weighted by Gasteiger charge is 2.22. The summed E-state index contributed by atoms with van der Waals surface area (Å²) in [5, 5.41) is 8.25. The van der Waals surface area contributed by atoms with Gasteiger partial charge in [0.05, 0.1) is 24.5 Å². The van der Waals surface area contributed by atoms with Crippen molar-refractivity contribution in [1.82, 2.24) is 24.3 Å². The summed E-state index contributed by atoms with van der Waals surface area (Å²) >= 11 is 0. The number of nitrogens with zero attached hydrogens (tertiary/aromatic N) is 5. The molecule has 9 heteroatoms. The van der Waals surface area contributed by atoms with E-state index in [1.807, 2.05) is 7.05 Å². The van der Waals surface area contributed by atoms with Gasteiger partial charge in [0.25, 0.3) is 0 Å². The quantitative estimate of drug-likeness (QED) is 0.752. The second-order valence-corrected chi connectivity index (χ2v) is 6.52. The molecule has 0 unspecified atom stereocenters. The lowest BCUT2D eigenvalue weighted by atomic mass is 10.1. The van der Waals surface area contributed by atoms with Crippen molar-refractivity contribution in [3.63, 3.8) is 0 Å². The molecule has 0 spiro atoms. The van der Waals surface area contributed by atoms with E-state index < -0.39 is 5.82 Å². The summed E-state index contributed by atoms with van der Waals surface area (Å²) in [6, 6.07) is 3.37. The number of nitrogen functional groups attached to an aromatic ring is 1. The van der Waals surface area contributed by atoms with Crippen LogP contribution in [0.1, 0.15) is 0 Å². The number of aryl methyl sites for hydroxylation is 1. The molecule has 8 nitrogen and oxygen atoms in total. The fraction of sp³-hybridized carbons (Fsp3) is 0.412. The highest BCUT2D eigenvalue weighted by atomic mass is 19.1. The third-order valence-corrected chi connectivity index (χ3v) is 4.50. The van der Waals surface area contributed by atoms with Gasteiger partial charge < -0.3 is 20.1 Å². The Balaban J connectivity index is 1.63. The zero-order valence-electron chi connectivity index (χ0n) is 14.7. The van der Waals surface area contributed by atoms with Gasteiger partial charge in [-0.2, -0.15) is 10.2 Å². The van der Waals surface area contributed by atoms with Crippen LogP contribution in [0, 0.1) is 5.82 Å². The summed E-state index contributed by atoms with van der Waals surface area (Å²) in [6.07, 6.45) is 2.87. The first kappa shape index (κ1) is 16.8. The summed E-state index contributed by atoms with van der Waals surface area (Å²) in [7, 11) is 3.80. The van der Waals surface area contributed by atoms with E-state index in [1.54, 1.807) is 30.1 Å². The maximum absolute atomic E-state index is 14.7. The van der Waals surface area contributed by atoms with E-state index in [-0.39, 0.29) is 6.10 Å². The van der Waals surface area contributed by atoms with Gasteiger partial charge >= 0.3 is 0 Å². The monoisotopic (exact) mass is 360 g/mol. The molecule has 0 amide bonds. The van der Waals surface area contributed by atoms with Crippen molar-refractivity contribution < 1.29 is 13.9 Å². The number of aromatic nitrogens is 4. The SMILES string of the molecule is CN1CCO[C@@H](COc2cnn(C)c2-c2cc3cc(N)nn3cc2F)C1. The number of fused-ring (bicyclic) bond motifs is 1. The Morgan fingerprint density at radius 1 is 1.38 bits per heavy atom. The summed E-state index contributed by atoms with van der Waals surface area (Å²) < 4.78 is 29.3. The molecule has 0 saturated carbocycles. The fourth-order valence-electron chi connectivity index (χ4n) is 3.20. The first-order chi connectivity index (χ1) is 12.5. The Morgan fingerprint density at radius 3 is 3.04 bits per heavy atom. The van der Waals surface area contributed by atoms with Crippen LogP contribution in [0.3, 0.4) is 0 Å². The first-order valence-corrected chi connectivity index (χ1v) is 8.41. The topological polar surface area (TPSA) is 82.8 Å². The highest BCUT2D eigenvalue weighted by molar-refractivity contribution is 5.72. The van der Waals surface area contributed by atoms with Crippen LogP contribution in [0.5, 0.6) is 5.75 Å². The van der Waals surface area contributed by atoms with Crippen LogP contribution in [0.25, 0.3) is 16.8 Å². The predicted octanol–water partition coefficient (Wildman–Crippen LogP) is 1.17. The number of halogens is 1. The standard InChI is InChI=1S/C17H21FN6O2/c1-22-3-4-25-12(8-22)10-26-15-7-20-23(2)17(15)13-5-11-6-16(19)21-24(11)9-14(13)18/h5-7,9,12H,3-4,8,10H2,1-2H3,(H2,19,21)/t12-/m1/s1. The number of nitrogens with two attached hydrogens (primary N) is 1. The van der Waals surface area contributed by atoms with Crippen molar-refractivity contribution in [2.75, 3.05) is 39.1 Å². The van der Waals surface area contributed by atoms with Crippen molar-refractivity contribution in [2.45, 2.75) is 6.10 Å². The second kappa shape index (κ2) is 6.58. The molecule has 4 heterocycles. The predicted molar refractivity (Wildman–Crippen MR) is 94.5 cm³/mol. The summed E-state index contributed by atoms with van der Waals surface area (Å²) in [5.74, 6) is 0.421. The van der Waals surface area contributed by atoms with E-state index in [4.69, 9.17) is 15.2 Å². The molecule has 1 fully saturated rings. The average molecular weight is 360 g/mol. The molecular weight excluding hydrogens is 339 g/mol. The second-order valence-electron chi connectivity index (χ2n) is 6.52. The first-order valence-electron chi connectivity index (χ1n) is 8.41. The van der Waals surface area contributed by atoms with E-state index in [2.05, 4.69) is 15.1 Å². The molecule has 1 saturated heterocycles. The molecule has 1 atom stereocenters. The van der Waals surface area contributed by atoms with E-state index in [1.165, 1.54) is 10.7 Å². The van der Waals surface area contributed by atoms with Crippen LogP contribution in [0.4, 0.5) is 10.2 Å². The molecule has 0 bridgehead atoms. The van der Waals surface area contributed by atoms with Gasteiger partial charge in [-0.05, 0) is 13.1 Å². The van der Waals surface area contributed by atoms with E-state index in [9.17, 15) is 4.39 Å². The number of rotatable bonds is 4. The minimum Gasteiger partial charge on any atom is -0.487 e. The number of anilines is 1. The number of hydrogen-bond acceptors (Lipinski definition) is 6. The van der Waals surface area contributed by atoms with Crippen LogP contribution in [0.2, 0.25) is 0 Å². The number of likely N-dealkylation sites (N-methyl/N-ethyl adjacent to an activating group) is 1. The lowest BCUT2D eigenvalue weighted by Gasteiger charge is -2.29. The van der Waals surface area contributed by atoms with Gasteiger partial charge in [-0.15, -0.1) is 0 Å². The van der Waals surface area contributed by atoms with Gasteiger partial charge in [0, 0.05) is 31.8 Å². The van der Waals surface area contributed by atoms with Crippen molar-refractivity contribution in [3.05, 3.63) is 30.3 Å². The Bertz CT molecular complexity index is 937. The largest absolute Gasteiger partial charge is 0.487 e. The van der Waals surface area contributed by atoms with Crippen LogP contribution in [-0.2, 0) is 11.8 Å². The van der Waals surface area contributed by atoms with Gasteiger partial charge in [-0.3, -0.25) is 4.68 Å². The van der Waals surface area contributed by atoms with Gasteiger partial charge in [0.1, 0.15) is 24.2 Å². The lowest BCUT2D eigenvalue weighted by Crippen LogP contribution is -2.42. The highest BCUT2D eigenvalue weighted by Crippen LogP contribution is 2.32. The van der Waals surface area contributed by atoms with Crippen molar-refractivity contribution in [3.8, 4) is 17.0 Å². The molecule has 3 aromatic rings. The van der Waals surface area contributed by atoms with Gasteiger partial charge in [-0.25, -0.2) is 8.91 Å². The molecule has 4 rings (SSSR count). The zero-order chi connectivity index (χ0) is 18.3. The minimum atomic E-state index is -0.428. The van der Waals surface area contributed by atoms with Gasteiger partial charge in [0.2, 0.25) is 0 Å². The van der Waals surface area contributed by atoms with Crippen LogP contribution < -0.4 is 10.5 Å². The van der Waals surface area contributed by atoms with E-state index >= 15 is 0 Å². The number of pyridine rings is 1. The van der Waals surface area contributed by atoms with Gasteiger partial charge in [0.15, 0.2) is 11.6 Å². The maximum atomic E-state index is 14.7. The summed E-state index contributed by atoms with van der Waals surface area (Å²) in [5.41, 5.74) is 7.34. The normalized spacial score (nSPS) is 18.5. The summed E-state index contributed by atoms with van der Waals surface area (Å²) in [6.45, 7) is 2.77. The Morgan fingerprint density at radius 2 is 2.23 bits per heavy atom. The Kier molecular flexibility index (Phi) is 4.25. The Hall–Kier alpha value is -2.65. The smallest absolute Gasteiger partial charge is 0.165 e. The van der Waals surface area contributed by atoms with E-state index in [0.29, 0.717) is 41.6 Å². The van der Waals surface area contributed by atoms with Crippen LogP contribution in [0.15, 0.2) is 24.5 Å². The van der Waals surface area contributed by atoms with Gasteiger partial charge in [-0.1, -0.05) is 0 Å². The zero-order valence-corrected chi connectivity index (χ0v) is 14.7. The van der Waals surface area contributed by atoms with Crippen molar-refractivity contribution in [1.29, 1.82) is 0 Å². The maximum Gasteiger partial charge on any atom is 0.165 e. The lowest BCUT2D eigenvalue weighted by molar-refractivity contribution is -0.0402. The molecule has 0 aliphatic carbocycles. The minimum absolute atomic E-state index is 0.0243. The molecule has 0 aromatic carbocycles. The van der Waals surface area contributed by atoms with Crippen molar-refractivity contribution in [2.24, 2.45) is 7.05 Å². The third-order valence-electron chi connectivity index (χ3n) is 4.50. The molecule has 3 aromatic heterocycles. The van der Waals surface area contributed by atoms with Crippen molar-refractivity contribution >= 4 is 11.3 Å². The number of ether oxygens (including phenoxy) is 2. The molecule has 138 valence electrons. The number of morpholine rings is 1. The Labute approximate surface area is 149 Å².